The zero-order valence-corrected chi connectivity index (χ0v) is 13.6. The van der Waals surface area contributed by atoms with Crippen LogP contribution in [0.15, 0.2) is 24.5 Å². The molecule has 23 heavy (non-hydrogen) atoms. The second-order valence-corrected chi connectivity index (χ2v) is 7.40. The first-order valence-electron chi connectivity index (χ1n) is 6.96. The van der Waals surface area contributed by atoms with E-state index in [9.17, 15) is 17.2 Å². The number of aromatic nitrogens is 3. The number of hydrogen-bond acceptors (Lipinski definition) is 5. The summed E-state index contributed by atoms with van der Waals surface area (Å²) in [7, 11) is -3.06. The number of nitrogens with zero attached hydrogens (tertiary/aromatic N) is 3. The Labute approximate surface area is 133 Å². The number of alkyl halides is 2. The lowest BCUT2D eigenvalue weighted by Crippen LogP contribution is -2.14. The molecule has 9 heteroatoms. The number of hydrogen-bond donors (Lipinski definition) is 0. The Morgan fingerprint density at radius 3 is 2.65 bits per heavy atom. The molecule has 0 radical (unpaired) electrons. The van der Waals surface area contributed by atoms with Gasteiger partial charge in [-0.2, -0.15) is 13.9 Å². The van der Waals surface area contributed by atoms with Gasteiger partial charge in [-0.1, -0.05) is 6.92 Å². The second kappa shape index (κ2) is 7.03. The van der Waals surface area contributed by atoms with Crippen molar-refractivity contribution >= 4 is 9.84 Å². The van der Waals surface area contributed by atoms with Gasteiger partial charge in [0.15, 0.2) is 9.84 Å². The summed E-state index contributed by atoms with van der Waals surface area (Å²) < 4.78 is 53.0. The Hall–Kier alpha value is -2.03. The van der Waals surface area contributed by atoms with Crippen LogP contribution in [0.2, 0.25) is 0 Å². The predicted molar refractivity (Wildman–Crippen MR) is 81.2 cm³/mol. The molecule has 0 fully saturated rings. The minimum atomic E-state index is -3.06. The highest BCUT2D eigenvalue weighted by molar-refractivity contribution is 7.91. The van der Waals surface area contributed by atoms with Gasteiger partial charge in [0, 0.05) is 29.8 Å². The Bertz CT molecular complexity index is 758. The van der Waals surface area contributed by atoms with E-state index in [1.807, 2.05) is 6.92 Å². The van der Waals surface area contributed by atoms with Crippen molar-refractivity contribution in [2.75, 3.05) is 11.5 Å². The fourth-order valence-corrected chi connectivity index (χ4v) is 2.73. The largest absolute Gasteiger partial charge is 0.417 e. The van der Waals surface area contributed by atoms with Crippen LogP contribution in [0.4, 0.5) is 8.78 Å². The van der Waals surface area contributed by atoms with E-state index in [-0.39, 0.29) is 23.9 Å². The number of aryl methyl sites for hydroxylation is 2. The van der Waals surface area contributed by atoms with Crippen LogP contribution >= 0.6 is 0 Å². The SMILES string of the molecule is CCS(=O)(=O)CCn1cc(C)c(-c2ccc(OC(F)F)nc2)n1. The fraction of sp³-hybridized carbons (Fsp3) is 0.429. The lowest BCUT2D eigenvalue weighted by molar-refractivity contribution is -0.0528. The highest BCUT2D eigenvalue weighted by atomic mass is 32.2. The maximum absolute atomic E-state index is 12.1. The molecule has 0 N–H and O–H groups in total. The van der Waals surface area contributed by atoms with Crippen LogP contribution in [0.1, 0.15) is 12.5 Å². The number of ether oxygens (including phenoxy) is 1. The minimum Gasteiger partial charge on any atom is -0.417 e. The number of rotatable bonds is 7. The van der Waals surface area contributed by atoms with Gasteiger partial charge in [0.2, 0.25) is 5.88 Å². The third-order valence-corrected chi connectivity index (χ3v) is 4.92. The quantitative estimate of drug-likeness (QED) is 0.770. The van der Waals surface area contributed by atoms with Crippen molar-refractivity contribution in [2.45, 2.75) is 27.0 Å². The van der Waals surface area contributed by atoms with Crippen LogP contribution < -0.4 is 4.74 Å². The lowest BCUT2D eigenvalue weighted by Gasteiger charge is -2.04. The van der Waals surface area contributed by atoms with Gasteiger partial charge in [-0.25, -0.2) is 13.4 Å². The van der Waals surface area contributed by atoms with Crippen LogP contribution in [0.3, 0.4) is 0 Å². The first-order chi connectivity index (χ1) is 10.8. The molecule has 0 amide bonds. The maximum Gasteiger partial charge on any atom is 0.388 e. The van der Waals surface area contributed by atoms with Gasteiger partial charge < -0.3 is 4.74 Å². The molecule has 0 unspecified atom stereocenters. The van der Waals surface area contributed by atoms with Crippen LogP contribution in [0, 0.1) is 6.92 Å². The molecule has 0 aliphatic heterocycles. The molecule has 126 valence electrons. The minimum absolute atomic E-state index is 0.0173. The van der Waals surface area contributed by atoms with Crippen molar-refractivity contribution in [1.82, 2.24) is 14.8 Å². The van der Waals surface area contributed by atoms with Gasteiger partial charge in [0.1, 0.15) is 0 Å². The molecule has 0 bridgehead atoms. The zero-order chi connectivity index (χ0) is 17.0. The average molecular weight is 345 g/mol. The number of sulfone groups is 1. The molecular weight excluding hydrogens is 328 g/mol. The summed E-state index contributed by atoms with van der Waals surface area (Å²) in [6.07, 6.45) is 3.13. The van der Waals surface area contributed by atoms with Crippen molar-refractivity contribution in [3.63, 3.8) is 0 Å². The molecule has 0 spiro atoms. The topological polar surface area (TPSA) is 74.1 Å². The van der Waals surface area contributed by atoms with Crippen molar-refractivity contribution in [3.8, 4) is 17.1 Å². The molecule has 0 aliphatic rings. The van der Waals surface area contributed by atoms with Gasteiger partial charge in [0.25, 0.3) is 0 Å². The molecule has 0 aliphatic carbocycles. The summed E-state index contributed by atoms with van der Waals surface area (Å²) >= 11 is 0. The maximum atomic E-state index is 12.1. The first-order valence-corrected chi connectivity index (χ1v) is 8.78. The highest BCUT2D eigenvalue weighted by Gasteiger charge is 2.12. The summed E-state index contributed by atoms with van der Waals surface area (Å²) in [6.45, 7) is 0.771. The second-order valence-electron chi connectivity index (χ2n) is 4.92. The molecule has 0 saturated carbocycles. The van der Waals surface area contributed by atoms with Crippen LogP contribution in [-0.2, 0) is 16.4 Å². The van der Waals surface area contributed by atoms with E-state index in [0.29, 0.717) is 11.3 Å². The van der Waals surface area contributed by atoms with Gasteiger partial charge in [-0.05, 0) is 18.6 Å². The Morgan fingerprint density at radius 1 is 1.35 bits per heavy atom. The van der Waals surface area contributed by atoms with Crippen LogP contribution in [0.25, 0.3) is 11.3 Å². The predicted octanol–water partition coefficient (Wildman–Crippen LogP) is 2.29. The molecule has 2 rings (SSSR count). The average Bonchev–Trinajstić information content (AvgIpc) is 2.87. The van der Waals surface area contributed by atoms with E-state index >= 15 is 0 Å². The van der Waals surface area contributed by atoms with E-state index in [2.05, 4.69) is 14.8 Å². The van der Waals surface area contributed by atoms with Gasteiger partial charge in [-0.3, -0.25) is 4.68 Å². The van der Waals surface area contributed by atoms with Gasteiger partial charge in [-0.15, -0.1) is 0 Å². The molecule has 2 heterocycles. The van der Waals surface area contributed by atoms with E-state index in [4.69, 9.17) is 0 Å². The Kier molecular flexibility index (Phi) is 5.30. The Balaban J connectivity index is 2.14. The summed E-state index contributed by atoms with van der Waals surface area (Å²) in [5, 5.41) is 4.33. The molecular formula is C14H17F2N3O3S. The number of pyridine rings is 1. The first kappa shape index (κ1) is 17.3. The van der Waals surface area contributed by atoms with E-state index < -0.39 is 16.4 Å². The Morgan fingerprint density at radius 2 is 2.09 bits per heavy atom. The summed E-state index contributed by atoms with van der Waals surface area (Å²) in [6, 6.07) is 2.91. The third-order valence-electron chi connectivity index (χ3n) is 3.24. The van der Waals surface area contributed by atoms with Crippen molar-refractivity contribution < 1.29 is 21.9 Å². The molecule has 2 aromatic heterocycles. The molecule has 6 nitrogen and oxygen atoms in total. The normalized spacial score (nSPS) is 11.9. The molecule has 0 aromatic carbocycles. The van der Waals surface area contributed by atoms with Crippen LogP contribution in [-0.4, -0.2) is 41.3 Å². The molecule has 0 saturated heterocycles. The standard InChI is InChI=1S/C14H17F2N3O3S/c1-3-23(20,21)7-6-19-9-10(2)13(18-19)11-4-5-12(17-8-11)22-14(15)16/h4-5,8-9,14H,3,6-7H2,1-2H3. The number of halogens is 2. The monoisotopic (exact) mass is 345 g/mol. The summed E-state index contributed by atoms with van der Waals surface area (Å²) in [4.78, 5) is 3.80. The van der Waals surface area contributed by atoms with Crippen molar-refractivity contribution in [1.29, 1.82) is 0 Å². The van der Waals surface area contributed by atoms with Gasteiger partial charge >= 0.3 is 6.61 Å². The molecule has 0 atom stereocenters. The summed E-state index contributed by atoms with van der Waals surface area (Å²) in [5.41, 5.74) is 2.10. The van der Waals surface area contributed by atoms with E-state index in [0.717, 1.165) is 5.56 Å². The zero-order valence-electron chi connectivity index (χ0n) is 12.7. The van der Waals surface area contributed by atoms with E-state index in [1.165, 1.54) is 12.3 Å². The third kappa shape index (κ3) is 4.72. The lowest BCUT2D eigenvalue weighted by atomic mass is 10.1. The van der Waals surface area contributed by atoms with Crippen molar-refractivity contribution in [3.05, 3.63) is 30.1 Å². The fourth-order valence-electron chi connectivity index (χ4n) is 1.98. The highest BCUT2D eigenvalue weighted by Crippen LogP contribution is 2.22. The van der Waals surface area contributed by atoms with Crippen molar-refractivity contribution in [2.24, 2.45) is 0 Å². The van der Waals surface area contributed by atoms with Crippen LogP contribution in [0.5, 0.6) is 5.88 Å². The molecule has 2 aromatic rings. The smallest absolute Gasteiger partial charge is 0.388 e. The summed E-state index contributed by atoms with van der Waals surface area (Å²) in [5.74, 6) is -0.0612. The van der Waals surface area contributed by atoms with E-state index in [1.54, 1.807) is 23.9 Å². The van der Waals surface area contributed by atoms with Gasteiger partial charge in [0.05, 0.1) is 18.0 Å².